The number of aryl methyl sites for hydroxylation is 1. The van der Waals surface area contributed by atoms with Crippen LogP contribution in [0, 0.1) is 6.92 Å². The van der Waals surface area contributed by atoms with E-state index in [4.69, 9.17) is 0 Å². The van der Waals surface area contributed by atoms with E-state index in [0.717, 1.165) is 34.2 Å². The van der Waals surface area contributed by atoms with E-state index in [-0.39, 0.29) is 0 Å². The number of para-hydroxylation sites is 2. The normalized spacial score (nSPS) is 11.0. The van der Waals surface area contributed by atoms with Crippen molar-refractivity contribution in [3.05, 3.63) is 40.3 Å². The summed E-state index contributed by atoms with van der Waals surface area (Å²) in [4.78, 5) is 14.4. The molecule has 0 aliphatic carbocycles. The largest absolute Gasteiger partial charge is 0.339 e. The van der Waals surface area contributed by atoms with Crippen molar-refractivity contribution in [3.8, 4) is 0 Å². The van der Waals surface area contributed by atoms with E-state index in [2.05, 4.69) is 25.2 Å². The van der Waals surface area contributed by atoms with Gasteiger partial charge in [0.2, 0.25) is 5.95 Å². The molecule has 0 fully saturated rings. The highest BCUT2D eigenvalue weighted by molar-refractivity contribution is 7.09. The van der Waals surface area contributed by atoms with Crippen LogP contribution in [0.15, 0.2) is 29.6 Å². The van der Waals surface area contributed by atoms with E-state index in [0.29, 0.717) is 0 Å². The molecule has 0 saturated carbocycles. The summed E-state index contributed by atoms with van der Waals surface area (Å²) in [7, 11) is 2.02. The molecule has 0 aliphatic rings. The van der Waals surface area contributed by atoms with Gasteiger partial charge in [-0.1, -0.05) is 12.1 Å². The van der Waals surface area contributed by atoms with Gasteiger partial charge < -0.3 is 9.88 Å². The summed E-state index contributed by atoms with van der Waals surface area (Å²) in [5.74, 6) is 0.879. The summed E-state index contributed by atoms with van der Waals surface area (Å²) in [6.45, 7) is 2.79. The minimum absolute atomic E-state index is 0.776. The van der Waals surface area contributed by atoms with Crippen LogP contribution in [0.2, 0.25) is 0 Å². The Morgan fingerprint density at radius 2 is 2.11 bits per heavy atom. The average molecular weight is 258 g/mol. The molecule has 0 radical (unpaired) electrons. The zero-order chi connectivity index (χ0) is 12.5. The Morgan fingerprint density at radius 3 is 2.83 bits per heavy atom. The first-order valence-electron chi connectivity index (χ1n) is 5.79. The molecule has 0 bridgehead atoms. The SMILES string of the molecule is Cc1csc(CN(C)c2nc3ccccc3[nH]2)n1. The third-order valence-corrected chi connectivity index (χ3v) is 3.73. The van der Waals surface area contributed by atoms with Gasteiger partial charge in [0, 0.05) is 18.1 Å². The van der Waals surface area contributed by atoms with Gasteiger partial charge in [0.25, 0.3) is 0 Å². The van der Waals surface area contributed by atoms with Gasteiger partial charge in [-0.15, -0.1) is 11.3 Å². The van der Waals surface area contributed by atoms with Crippen LogP contribution in [-0.2, 0) is 6.54 Å². The molecule has 3 aromatic rings. The molecule has 2 aromatic heterocycles. The number of fused-ring (bicyclic) bond motifs is 1. The minimum atomic E-state index is 0.776. The second-order valence-corrected chi connectivity index (χ2v) is 5.26. The van der Waals surface area contributed by atoms with Crippen LogP contribution in [0.3, 0.4) is 0 Å². The van der Waals surface area contributed by atoms with E-state index in [1.807, 2.05) is 38.2 Å². The van der Waals surface area contributed by atoms with Gasteiger partial charge in [-0.3, -0.25) is 0 Å². The van der Waals surface area contributed by atoms with Crippen LogP contribution in [-0.4, -0.2) is 22.0 Å². The summed E-state index contributed by atoms with van der Waals surface area (Å²) in [5, 5.41) is 3.18. The van der Waals surface area contributed by atoms with E-state index in [1.54, 1.807) is 11.3 Å². The number of anilines is 1. The van der Waals surface area contributed by atoms with Crippen LogP contribution in [0.25, 0.3) is 11.0 Å². The van der Waals surface area contributed by atoms with Crippen LogP contribution >= 0.6 is 11.3 Å². The molecule has 0 unspecified atom stereocenters. The highest BCUT2D eigenvalue weighted by Gasteiger charge is 2.09. The fourth-order valence-electron chi connectivity index (χ4n) is 1.87. The quantitative estimate of drug-likeness (QED) is 0.785. The van der Waals surface area contributed by atoms with Crippen molar-refractivity contribution >= 4 is 28.3 Å². The van der Waals surface area contributed by atoms with E-state index in [1.165, 1.54) is 0 Å². The average Bonchev–Trinajstić information content (AvgIpc) is 2.95. The number of aromatic amines is 1. The van der Waals surface area contributed by atoms with E-state index in [9.17, 15) is 0 Å². The first-order chi connectivity index (χ1) is 8.72. The van der Waals surface area contributed by atoms with Gasteiger partial charge in [-0.25, -0.2) is 9.97 Å². The molecular formula is C13H14N4S. The van der Waals surface area contributed by atoms with Crippen LogP contribution < -0.4 is 4.90 Å². The van der Waals surface area contributed by atoms with Crippen molar-refractivity contribution in [3.63, 3.8) is 0 Å². The number of H-pyrrole nitrogens is 1. The molecule has 0 spiro atoms. The third kappa shape index (κ3) is 2.09. The van der Waals surface area contributed by atoms with Crippen molar-refractivity contribution in [2.75, 3.05) is 11.9 Å². The molecule has 1 aromatic carbocycles. The first-order valence-corrected chi connectivity index (χ1v) is 6.67. The van der Waals surface area contributed by atoms with Gasteiger partial charge in [0.15, 0.2) is 0 Å². The first kappa shape index (κ1) is 11.2. The minimum Gasteiger partial charge on any atom is -0.339 e. The van der Waals surface area contributed by atoms with Crippen molar-refractivity contribution in [1.82, 2.24) is 15.0 Å². The van der Waals surface area contributed by atoms with Crippen LogP contribution in [0.1, 0.15) is 10.7 Å². The lowest BCUT2D eigenvalue weighted by molar-refractivity contribution is 0.872. The van der Waals surface area contributed by atoms with Crippen molar-refractivity contribution in [2.24, 2.45) is 0 Å². The molecule has 0 aliphatic heterocycles. The third-order valence-electron chi connectivity index (χ3n) is 2.78. The monoisotopic (exact) mass is 258 g/mol. The smallest absolute Gasteiger partial charge is 0.203 e. The number of nitrogens with zero attached hydrogens (tertiary/aromatic N) is 3. The molecule has 0 amide bonds. The maximum absolute atomic E-state index is 4.56. The lowest BCUT2D eigenvalue weighted by Gasteiger charge is -2.13. The molecular weight excluding hydrogens is 244 g/mol. The Morgan fingerprint density at radius 1 is 1.28 bits per heavy atom. The van der Waals surface area contributed by atoms with Crippen molar-refractivity contribution in [2.45, 2.75) is 13.5 Å². The lowest BCUT2D eigenvalue weighted by atomic mass is 10.3. The summed E-state index contributed by atoms with van der Waals surface area (Å²) in [5.41, 5.74) is 3.14. The molecule has 92 valence electrons. The molecule has 3 rings (SSSR count). The number of aromatic nitrogens is 3. The molecule has 1 N–H and O–H groups in total. The number of nitrogens with one attached hydrogen (secondary N) is 1. The van der Waals surface area contributed by atoms with Crippen LogP contribution in [0.5, 0.6) is 0 Å². The summed E-state index contributed by atoms with van der Waals surface area (Å²) in [6.07, 6.45) is 0. The standard InChI is InChI=1S/C13H14N4S/c1-9-8-18-12(14-9)7-17(2)13-15-10-5-3-4-6-11(10)16-13/h3-6,8H,7H2,1-2H3,(H,15,16). The van der Waals surface area contributed by atoms with Crippen LogP contribution in [0.4, 0.5) is 5.95 Å². The second kappa shape index (κ2) is 4.42. The lowest BCUT2D eigenvalue weighted by Crippen LogP contribution is -2.17. The fourth-order valence-corrected chi connectivity index (χ4v) is 2.70. The Hall–Kier alpha value is -1.88. The Balaban J connectivity index is 1.85. The maximum Gasteiger partial charge on any atom is 0.203 e. The number of hydrogen-bond acceptors (Lipinski definition) is 4. The molecule has 0 saturated heterocycles. The number of imidazole rings is 1. The Labute approximate surface area is 109 Å². The molecule has 2 heterocycles. The van der Waals surface area contributed by atoms with Gasteiger partial charge in [0.05, 0.1) is 17.6 Å². The molecule has 4 nitrogen and oxygen atoms in total. The Bertz CT molecular complexity index is 637. The topological polar surface area (TPSA) is 44.8 Å². The zero-order valence-corrected chi connectivity index (χ0v) is 11.2. The van der Waals surface area contributed by atoms with Crippen molar-refractivity contribution in [1.29, 1.82) is 0 Å². The zero-order valence-electron chi connectivity index (χ0n) is 10.3. The number of thiazole rings is 1. The van der Waals surface area contributed by atoms with Gasteiger partial charge in [0.1, 0.15) is 5.01 Å². The van der Waals surface area contributed by atoms with Gasteiger partial charge in [-0.2, -0.15) is 0 Å². The number of hydrogen-bond donors (Lipinski definition) is 1. The number of rotatable bonds is 3. The van der Waals surface area contributed by atoms with Gasteiger partial charge in [-0.05, 0) is 19.1 Å². The maximum atomic E-state index is 4.56. The predicted molar refractivity (Wildman–Crippen MR) is 75.1 cm³/mol. The molecule has 18 heavy (non-hydrogen) atoms. The highest BCUT2D eigenvalue weighted by atomic mass is 32.1. The fraction of sp³-hybridized carbons (Fsp3) is 0.231. The molecule has 0 atom stereocenters. The highest BCUT2D eigenvalue weighted by Crippen LogP contribution is 2.18. The number of benzene rings is 1. The summed E-state index contributed by atoms with van der Waals surface area (Å²) >= 11 is 1.68. The summed E-state index contributed by atoms with van der Waals surface area (Å²) in [6, 6.07) is 8.05. The van der Waals surface area contributed by atoms with E-state index < -0.39 is 0 Å². The summed E-state index contributed by atoms with van der Waals surface area (Å²) < 4.78 is 0. The van der Waals surface area contributed by atoms with Gasteiger partial charge >= 0.3 is 0 Å². The Kier molecular flexibility index (Phi) is 2.76. The van der Waals surface area contributed by atoms with Crippen molar-refractivity contribution < 1.29 is 0 Å². The van der Waals surface area contributed by atoms with E-state index >= 15 is 0 Å². The molecule has 5 heteroatoms. The predicted octanol–water partition coefficient (Wildman–Crippen LogP) is 2.96. The second-order valence-electron chi connectivity index (χ2n) is 4.32.